The van der Waals surface area contributed by atoms with Crippen LogP contribution in [-0.4, -0.2) is 52.5 Å². The first-order valence-electron chi connectivity index (χ1n) is 7.57. The minimum Gasteiger partial charge on any atom is -0.363 e. The molecule has 0 aliphatic heterocycles. The Morgan fingerprint density at radius 1 is 1.29 bits per heavy atom. The summed E-state index contributed by atoms with van der Waals surface area (Å²) < 4.78 is 1.84. The molecule has 5 nitrogen and oxygen atoms in total. The third-order valence-electron chi connectivity index (χ3n) is 3.28. The summed E-state index contributed by atoms with van der Waals surface area (Å²) in [4.78, 5) is 2.41. The summed E-state index contributed by atoms with van der Waals surface area (Å²) in [5.74, 6) is 0. The van der Waals surface area contributed by atoms with Crippen LogP contribution in [0.25, 0.3) is 0 Å². The van der Waals surface area contributed by atoms with Crippen LogP contribution in [0.2, 0.25) is 5.02 Å². The maximum atomic E-state index is 5.80. The highest BCUT2D eigenvalue weighted by Crippen LogP contribution is 2.04. The van der Waals surface area contributed by atoms with Crippen molar-refractivity contribution in [1.82, 2.24) is 25.3 Å². The molecule has 0 saturated carbocycles. The minimum absolute atomic E-state index is 0.674. The topological polar surface area (TPSA) is 45.1 Å². The molecule has 0 saturated heterocycles. The molecule has 7 heteroatoms. The van der Waals surface area contributed by atoms with Crippen molar-refractivity contribution >= 4 is 28.9 Å². The zero-order chi connectivity index (χ0) is 15.5. The van der Waals surface area contributed by atoms with Gasteiger partial charge in [-0.05, 0) is 44.7 Å². The Kier molecular flexibility index (Phi) is 9.37. The number of halogens is 1. The maximum absolute atomic E-state index is 5.80. The van der Waals surface area contributed by atoms with Crippen LogP contribution < -0.4 is 10.6 Å². The van der Waals surface area contributed by atoms with E-state index in [9.17, 15) is 0 Å². The van der Waals surface area contributed by atoms with Crippen LogP contribution in [0.15, 0.2) is 12.4 Å². The molecule has 0 atom stereocenters. The van der Waals surface area contributed by atoms with Gasteiger partial charge >= 0.3 is 0 Å². The standard InChI is InChI=1S/C14H26ClN5S/c1-3-19(4-2)9-5-7-16-14(21)17-8-6-10-20-12-13(15)11-18-20/h11-12H,3-10H2,1-2H3,(H2,16,17,21). The van der Waals surface area contributed by atoms with Gasteiger partial charge in [-0.15, -0.1) is 0 Å². The second-order valence-corrected chi connectivity index (χ2v) is 5.68. The van der Waals surface area contributed by atoms with Gasteiger partial charge in [0.15, 0.2) is 5.11 Å². The lowest BCUT2D eigenvalue weighted by atomic mass is 10.3. The van der Waals surface area contributed by atoms with Crippen molar-refractivity contribution in [2.45, 2.75) is 33.2 Å². The maximum Gasteiger partial charge on any atom is 0.166 e. The quantitative estimate of drug-likeness (QED) is 0.508. The van der Waals surface area contributed by atoms with Crippen molar-refractivity contribution in [2.75, 3.05) is 32.7 Å². The molecule has 2 N–H and O–H groups in total. The SMILES string of the molecule is CCN(CC)CCCNC(=S)NCCCn1cc(Cl)cn1. The van der Waals surface area contributed by atoms with Crippen LogP contribution in [0.3, 0.4) is 0 Å². The fourth-order valence-corrected chi connectivity index (χ4v) is 2.37. The zero-order valence-electron chi connectivity index (χ0n) is 12.9. The van der Waals surface area contributed by atoms with Gasteiger partial charge in [0.2, 0.25) is 0 Å². The summed E-state index contributed by atoms with van der Waals surface area (Å²) in [5, 5.41) is 12.0. The lowest BCUT2D eigenvalue weighted by Gasteiger charge is -2.18. The molecule has 0 aliphatic carbocycles. The van der Waals surface area contributed by atoms with Gasteiger partial charge in [-0.1, -0.05) is 25.4 Å². The number of hydrogen-bond acceptors (Lipinski definition) is 3. The van der Waals surface area contributed by atoms with Crippen LogP contribution in [0.1, 0.15) is 26.7 Å². The number of aromatic nitrogens is 2. The number of nitrogens with zero attached hydrogens (tertiary/aromatic N) is 3. The summed E-state index contributed by atoms with van der Waals surface area (Å²) in [5.41, 5.74) is 0. The second kappa shape index (κ2) is 10.8. The van der Waals surface area contributed by atoms with E-state index in [0.29, 0.717) is 5.02 Å². The first kappa shape index (κ1) is 18.2. The highest BCUT2D eigenvalue weighted by atomic mass is 35.5. The smallest absolute Gasteiger partial charge is 0.166 e. The molecule has 0 fully saturated rings. The Balaban J connectivity index is 1.98. The summed E-state index contributed by atoms with van der Waals surface area (Å²) in [6.07, 6.45) is 5.54. The van der Waals surface area contributed by atoms with E-state index in [1.165, 1.54) is 0 Å². The summed E-state index contributed by atoms with van der Waals surface area (Å²) in [7, 11) is 0. The van der Waals surface area contributed by atoms with Crippen molar-refractivity contribution in [3.63, 3.8) is 0 Å². The Morgan fingerprint density at radius 2 is 1.95 bits per heavy atom. The van der Waals surface area contributed by atoms with Gasteiger partial charge in [-0.2, -0.15) is 5.10 Å². The molecule has 0 aliphatic rings. The van der Waals surface area contributed by atoms with Crippen LogP contribution in [0.4, 0.5) is 0 Å². The predicted molar refractivity (Wildman–Crippen MR) is 92.9 cm³/mol. The van der Waals surface area contributed by atoms with Gasteiger partial charge in [-0.3, -0.25) is 4.68 Å². The van der Waals surface area contributed by atoms with Gasteiger partial charge in [0.1, 0.15) is 0 Å². The molecule has 0 unspecified atom stereocenters. The van der Waals surface area contributed by atoms with Crippen LogP contribution in [0, 0.1) is 0 Å². The summed E-state index contributed by atoms with van der Waals surface area (Å²) in [6.45, 7) is 10.3. The number of nitrogens with one attached hydrogen (secondary N) is 2. The Morgan fingerprint density at radius 3 is 2.52 bits per heavy atom. The minimum atomic E-state index is 0.674. The van der Waals surface area contributed by atoms with E-state index in [0.717, 1.165) is 57.2 Å². The van der Waals surface area contributed by atoms with Crippen LogP contribution >= 0.6 is 23.8 Å². The molecular weight excluding hydrogens is 306 g/mol. The van der Waals surface area contributed by atoms with Crippen molar-refractivity contribution in [2.24, 2.45) is 0 Å². The lowest BCUT2D eigenvalue weighted by Crippen LogP contribution is -2.37. The molecule has 1 aromatic rings. The monoisotopic (exact) mass is 331 g/mol. The van der Waals surface area contributed by atoms with E-state index in [1.54, 1.807) is 6.20 Å². The predicted octanol–water partition coefficient (Wildman–Crippen LogP) is 2.12. The number of thiocarbonyl (C=S) groups is 1. The molecule has 0 spiro atoms. The highest BCUT2D eigenvalue weighted by molar-refractivity contribution is 7.80. The van der Waals surface area contributed by atoms with E-state index in [2.05, 4.69) is 34.5 Å². The first-order chi connectivity index (χ1) is 10.2. The normalized spacial score (nSPS) is 10.9. The van der Waals surface area contributed by atoms with E-state index in [-0.39, 0.29) is 0 Å². The molecule has 0 amide bonds. The van der Waals surface area contributed by atoms with Crippen LogP contribution in [-0.2, 0) is 6.54 Å². The van der Waals surface area contributed by atoms with Gasteiger partial charge in [0.25, 0.3) is 0 Å². The van der Waals surface area contributed by atoms with E-state index < -0.39 is 0 Å². The third-order valence-corrected chi connectivity index (χ3v) is 3.77. The van der Waals surface area contributed by atoms with Gasteiger partial charge in [-0.25, -0.2) is 0 Å². The molecule has 0 aromatic carbocycles. The van der Waals surface area contributed by atoms with E-state index >= 15 is 0 Å². The Bertz CT molecular complexity index is 406. The van der Waals surface area contributed by atoms with Crippen molar-refractivity contribution < 1.29 is 0 Å². The van der Waals surface area contributed by atoms with E-state index in [4.69, 9.17) is 23.8 Å². The average molecular weight is 332 g/mol. The molecule has 1 aromatic heterocycles. The molecule has 0 bridgehead atoms. The van der Waals surface area contributed by atoms with Crippen LogP contribution in [0.5, 0.6) is 0 Å². The third kappa shape index (κ3) is 8.24. The molecule has 21 heavy (non-hydrogen) atoms. The number of rotatable bonds is 10. The average Bonchev–Trinajstić information content (AvgIpc) is 2.89. The summed E-state index contributed by atoms with van der Waals surface area (Å²) >= 11 is 11.0. The fraction of sp³-hybridized carbons (Fsp3) is 0.714. The summed E-state index contributed by atoms with van der Waals surface area (Å²) in [6, 6.07) is 0. The fourth-order valence-electron chi connectivity index (χ4n) is 2.01. The Labute approximate surface area is 138 Å². The number of aryl methyl sites for hydroxylation is 1. The zero-order valence-corrected chi connectivity index (χ0v) is 14.5. The van der Waals surface area contributed by atoms with Gasteiger partial charge < -0.3 is 15.5 Å². The highest BCUT2D eigenvalue weighted by Gasteiger charge is 2.00. The molecule has 120 valence electrons. The van der Waals surface area contributed by atoms with Crippen molar-refractivity contribution in [1.29, 1.82) is 0 Å². The van der Waals surface area contributed by atoms with Gasteiger partial charge in [0.05, 0.1) is 11.2 Å². The largest absolute Gasteiger partial charge is 0.363 e. The molecular formula is C14H26ClN5S. The molecule has 0 radical (unpaired) electrons. The van der Waals surface area contributed by atoms with Crippen molar-refractivity contribution in [3.8, 4) is 0 Å². The van der Waals surface area contributed by atoms with Crippen molar-refractivity contribution in [3.05, 3.63) is 17.4 Å². The van der Waals surface area contributed by atoms with Gasteiger partial charge in [0, 0.05) is 25.8 Å². The molecule has 1 rings (SSSR count). The lowest BCUT2D eigenvalue weighted by molar-refractivity contribution is 0.300. The first-order valence-corrected chi connectivity index (χ1v) is 8.36. The number of hydrogen-bond donors (Lipinski definition) is 2. The second-order valence-electron chi connectivity index (χ2n) is 4.84. The molecule has 1 heterocycles. The Hall–Kier alpha value is -0.850. The van der Waals surface area contributed by atoms with E-state index in [1.807, 2.05) is 10.9 Å².